The third kappa shape index (κ3) is 5.46. The molecule has 1 spiro atoms. The topological polar surface area (TPSA) is 3.24 Å². The lowest BCUT2D eigenvalue weighted by molar-refractivity contribution is 0.660. The van der Waals surface area contributed by atoms with Gasteiger partial charge < -0.3 is 4.90 Å². The van der Waals surface area contributed by atoms with Crippen LogP contribution in [0.4, 0.5) is 17.1 Å². The van der Waals surface area contributed by atoms with E-state index in [1.165, 1.54) is 36.4 Å². The van der Waals surface area contributed by atoms with Crippen molar-refractivity contribution < 1.29 is 50.7 Å². The summed E-state index contributed by atoms with van der Waals surface area (Å²) in [6.07, 6.45) is 0. The fourth-order valence-electron chi connectivity index (χ4n) is 10.6. The maximum absolute atomic E-state index is 11.0. The molecule has 0 amide bonds. The minimum Gasteiger partial charge on any atom is -0.310 e. The second-order valence-electron chi connectivity index (χ2n) is 17.0. The lowest BCUT2D eigenvalue weighted by atomic mass is 9.70. The Morgan fingerprint density at radius 3 is 1.83 bits per heavy atom. The first-order chi connectivity index (χ1) is 50.4. The minimum absolute atomic E-state index is 0.0621. The van der Waals surface area contributed by atoms with Crippen molar-refractivity contribution in [3.8, 4) is 55.6 Å². The van der Waals surface area contributed by atoms with Crippen molar-refractivity contribution in [2.24, 2.45) is 0 Å². The summed E-state index contributed by atoms with van der Waals surface area (Å²) in [5.41, 5.74) is -19.0. The number of hydrogen-bond acceptors (Lipinski definition) is 1. The molecule has 0 aromatic heterocycles. The van der Waals surface area contributed by atoms with E-state index in [0.29, 0.717) is 4.90 Å². The van der Waals surface area contributed by atoms with E-state index in [1.807, 2.05) is 0 Å². The fourth-order valence-corrected chi connectivity index (χ4v) is 10.6. The molecule has 1 atom stereocenters. The van der Waals surface area contributed by atoms with Gasteiger partial charge in [0, 0.05) is 30.4 Å². The molecule has 0 bridgehead atoms. The van der Waals surface area contributed by atoms with E-state index < -0.39 is 317 Å². The molecular weight excluding hydrogens is 855 g/mol. The van der Waals surface area contributed by atoms with E-state index >= 15 is 0 Å². The number of benzene rings is 12. The second-order valence-corrected chi connectivity index (χ2v) is 17.0. The summed E-state index contributed by atoms with van der Waals surface area (Å²) in [6.45, 7) is -7.54. The van der Waals surface area contributed by atoms with E-state index in [9.17, 15) is 30.2 Å². The molecule has 1 nitrogen and oxygen atoms in total. The maximum Gasteiger partial charge on any atom is 0.0726 e. The lowest BCUT2D eigenvalue weighted by Crippen LogP contribution is -2.26. The SMILES string of the molecule is [2H]c1cc2c(c([2H])c1[2H])C1(c3c-2ccc([2H])c3[2H])c2c([2H])c([2H])c([2H])c([2H])c2-c2c([2H])c([2H])c(N(c3c([2H])c([2H])c(-c4c([2H])c([2H])c5c([2H])c([2H])c([2H])c([2H])c5c4-c4cccc5c4-c4c([2H])c([2H])c([2H])c([2H])c4C5(C([2H])([2H])[2H])C([2H])([2H])[2H])c([2H])c3[2H])c3c([2H])c4c([2H])c([2H])c([2H])c([2H])c4c4ccccc34)c([2H])c21. The maximum atomic E-state index is 11.0. The average molecular weight is 939 g/mol. The van der Waals surface area contributed by atoms with Gasteiger partial charge in [0.1, 0.15) is 0 Å². The van der Waals surface area contributed by atoms with Gasteiger partial charge in [-0.1, -0.05) is 231 Å². The van der Waals surface area contributed by atoms with Crippen LogP contribution in [0.15, 0.2) is 248 Å². The highest BCUT2D eigenvalue weighted by molar-refractivity contribution is 6.15. The highest BCUT2D eigenvalue weighted by Gasteiger charge is 2.51. The van der Waals surface area contributed by atoms with Crippen LogP contribution in [-0.4, -0.2) is 0 Å². The Labute approximate surface area is 466 Å². The van der Waals surface area contributed by atoms with E-state index in [2.05, 4.69) is 0 Å². The molecule has 3 aliphatic rings. The quantitative estimate of drug-likeness (QED) is 0.155. The lowest BCUT2D eigenvalue weighted by Gasteiger charge is -2.32. The number of nitrogens with zero attached hydrogens (tertiary/aromatic N) is 1. The molecule has 15 rings (SSSR count). The predicted octanol–water partition coefficient (Wildman–Crippen LogP) is 18.6. The second kappa shape index (κ2) is 14.9. The van der Waals surface area contributed by atoms with Crippen molar-refractivity contribution in [1.82, 2.24) is 0 Å². The molecule has 71 heavy (non-hydrogen) atoms. The zero-order valence-electron chi connectivity index (χ0n) is 73.2. The predicted molar refractivity (Wildman–Crippen MR) is 298 cm³/mol. The Kier molecular flexibility index (Phi) is 3.81. The Balaban J connectivity index is 1.16. The van der Waals surface area contributed by atoms with Crippen LogP contribution in [0.2, 0.25) is 0 Å². The number of hydrogen-bond donors (Lipinski definition) is 0. The van der Waals surface area contributed by atoms with Crippen molar-refractivity contribution in [3.05, 3.63) is 281 Å². The van der Waals surface area contributed by atoms with Crippen LogP contribution in [0.1, 0.15) is 97.8 Å². The molecule has 12 aromatic rings. The van der Waals surface area contributed by atoms with Gasteiger partial charge in [0.05, 0.1) is 53.6 Å². The third-order valence-electron chi connectivity index (χ3n) is 13.5. The van der Waals surface area contributed by atoms with Gasteiger partial charge in [-0.05, 0) is 146 Å². The van der Waals surface area contributed by atoms with Crippen LogP contribution in [0.5, 0.6) is 0 Å². The normalized spacial score (nSPS) is 23.1. The van der Waals surface area contributed by atoms with E-state index in [4.69, 9.17) is 20.6 Å². The first-order valence-electron chi connectivity index (χ1n) is 40.5. The molecule has 332 valence electrons. The van der Waals surface area contributed by atoms with Crippen LogP contribution in [0.25, 0.3) is 88.0 Å². The zero-order chi connectivity index (χ0) is 79.0. The molecule has 0 aliphatic heterocycles. The summed E-state index contributed by atoms with van der Waals surface area (Å²) in [5, 5.41) is -2.86. The Morgan fingerprint density at radius 1 is 0.352 bits per heavy atom. The first-order valence-corrected chi connectivity index (χ1v) is 22.0. The molecule has 0 saturated heterocycles. The van der Waals surface area contributed by atoms with Crippen LogP contribution in [0, 0.1) is 0 Å². The zero-order valence-corrected chi connectivity index (χ0v) is 36.2. The summed E-state index contributed by atoms with van der Waals surface area (Å²) in [5.74, 6) is 0. The van der Waals surface area contributed by atoms with Gasteiger partial charge in [-0.2, -0.15) is 0 Å². The third-order valence-corrected chi connectivity index (χ3v) is 13.5. The summed E-state index contributed by atoms with van der Waals surface area (Å²) < 4.78 is 352. The van der Waals surface area contributed by atoms with Crippen molar-refractivity contribution in [2.75, 3.05) is 4.90 Å². The average Bonchev–Trinajstić information content (AvgIpc) is 1.48. The van der Waals surface area contributed by atoms with Gasteiger partial charge in [-0.25, -0.2) is 0 Å². The van der Waals surface area contributed by atoms with Gasteiger partial charge >= 0.3 is 0 Å². The van der Waals surface area contributed by atoms with Crippen LogP contribution >= 0.6 is 0 Å². The standard InChI is InChI=1S/C70H47N/c1-69(2)60-29-13-12-27-58(60)68-59(28-17-33-64(68)69)67-50-21-6-3-18-44(50)36-40-51(67)45-34-37-47(38-35-45)71(66-42-46-19-4-5-20-49(46)52-22-7-8-26-57(52)66)48-39-41-56-55-25-11-16-32-63(55)70(65(56)43-48)61-30-14-9-23-53(61)54-24-10-15-31-62(54)70/h3-43H,1-2H3/i1D3,2D3,3D,4D,5D,6D,9D,11D,12D,13D,14D,15D,16D,18D,19D,20D,21D,25D,27D,29D,30D,31D,32D,34D,35D,36D,37D,38D,39D,40D,41D,42D,43D. The van der Waals surface area contributed by atoms with Crippen LogP contribution in [0.3, 0.4) is 0 Å². The minimum atomic E-state index is -3.77. The van der Waals surface area contributed by atoms with Crippen molar-refractivity contribution in [2.45, 2.75) is 24.5 Å². The monoisotopic (exact) mass is 939 g/mol. The fraction of sp³-hybridized carbons (Fsp3) is 0.0571. The number of fused-ring (bicyclic) bond motifs is 17. The molecule has 0 N–H and O–H groups in total. The van der Waals surface area contributed by atoms with Gasteiger partial charge in [0.15, 0.2) is 0 Å². The first kappa shape index (κ1) is 18.2. The number of rotatable bonds is 5. The Morgan fingerprint density at radius 2 is 0.986 bits per heavy atom. The van der Waals surface area contributed by atoms with Crippen LogP contribution in [-0.2, 0) is 10.8 Å². The molecular formula is C70H47N. The van der Waals surface area contributed by atoms with E-state index in [0.717, 1.165) is 24.3 Å². The van der Waals surface area contributed by atoms with Crippen molar-refractivity contribution in [1.29, 1.82) is 0 Å². The van der Waals surface area contributed by atoms with Crippen molar-refractivity contribution in [3.63, 3.8) is 0 Å². The van der Waals surface area contributed by atoms with Gasteiger partial charge in [-0.3, -0.25) is 0 Å². The highest BCUT2D eigenvalue weighted by atomic mass is 15.1. The van der Waals surface area contributed by atoms with Gasteiger partial charge in [0.2, 0.25) is 0 Å². The molecule has 0 heterocycles. The molecule has 0 saturated carbocycles. The Hall–Kier alpha value is -8.78. The molecule has 1 unspecified atom stereocenters. The number of anilines is 3. The van der Waals surface area contributed by atoms with E-state index in [1.54, 1.807) is 0 Å². The largest absolute Gasteiger partial charge is 0.310 e. The Bertz CT molecular complexity index is 6270. The molecule has 0 fully saturated rings. The summed E-state index contributed by atoms with van der Waals surface area (Å²) >= 11 is 0. The van der Waals surface area contributed by atoms with Gasteiger partial charge in [-0.15, -0.1) is 0 Å². The molecule has 0 radical (unpaired) electrons. The summed E-state index contributed by atoms with van der Waals surface area (Å²) in [4.78, 5) is 0.626. The highest BCUT2D eigenvalue weighted by Crippen LogP contribution is 2.63. The summed E-state index contributed by atoms with van der Waals surface area (Å²) in [6, 6.07) is -18.3. The van der Waals surface area contributed by atoms with Crippen LogP contribution < -0.4 is 4.90 Å². The summed E-state index contributed by atoms with van der Waals surface area (Å²) in [7, 11) is 0. The van der Waals surface area contributed by atoms with Gasteiger partial charge in [0.25, 0.3) is 0 Å². The van der Waals surface area contributed by atoms with Crippen molar-refractivity contribution >= 4 is 49.4 Å². The smallest absolute Gasteiger partial charge is 0.0726 e. The van der Waals surface area contributed by atoms with E-state index in [-0.39, 0.29) is 32.8 Å². The molecule has 1 heteroatoms. The molecule has 3 aliphatic carbocycles. The molecule has 12 aromatic carbocycles.